The Hall–Kier alpha value is -0.340. The van der Waals surface area contributed by atoms with Gasteiger partial charge in [-0.2, -0.15) is 0 Å². The van der Waals surface area contributed by atoms with Gasteiger partial charge >= 0.3 is 0 Å². The van der Waals surface area contributed by atoms with Gasteiger partial charge in [-0.05, 0) is 46.7 Å². The van der Waals surface area contributed by atoms with Crippen LogP contribution in [0, 0.1) is 0 Å². The second kappa shape index (κ2) is 13.3. The fraction of sp³-hybridized carbons (Fsp3) is 0.800. The van der Waals surface area contributed by atoms with Gasteiger partial charge in [-0.3, -0.25) is 0 Å². The van der Waals surface area contributed by atoms with Gasteiger partial charge in [0.25, 0.3) is 0 Å². The molecule has 0 aliphatic rings. The van der Waals surface area contributed by atoms with Crippen LogP contribution in [0.4, 0.5) is 0 Å². The molecular weight excluding hydrogens is 150 g/mol. The molecule has 1 atom stereocenters. The van der Waals surface area contributed by atoms with Crippen LogP contribution < -0.4 is 5.32 Å². The third-order valence-electron chi connectivity index (χ3n) is 1.30. The van der Waals surface area contributed by atoms with E-state index in [0.717, 1.165) is 19.4 Å². The fourth-order valence-electron chi connectivity index (χ4n) is 0.742. The predicted octanol–water partition coefficient (Wildman–Crippen LogP) is 1.95. The number of hydrogen-bond acceptors (Lipinski definition) is 2. The van der Waals surface area contributed by atoms with Gasteiger partial charge in [0, 0.05) is 0 Å². The van der Waals surface area contributed by atoms with Gasteiger partial charge in [0.05, 0.1) is 6.10 Å². The van der Waals surface area contributed by atoms with Gasteiger partial charge in [0.2, 0.25) is 0 Å². The SMILES string of the molecule is C=CC.CNCCCC[C@@H](C)O. The molecule has 0 aromatic rings. The summed E-state index contributed by atoms with van der Waals surface area (Å²) in [5.41, 5.74) is 0. The lowest BCUT2D eigenvalue weighted by Crippen LogP contribution is -2.08. The molecule has 0 unspecified atom stereocenters. The van der Waals surface area contributed by atoms with Crippen molar-refractivity contribution in [1.82, 2.24) is 5.32 Å². The second-order valence-electron chi connectivity index (χ2n) is 2.86. The number of unbranched alkanes of at least 4 members (excludes halogenated alkanes) is 1. The summed E-state index contributed by atoms with van der Waals surface area (Å²) in [7, 11) is 1.95. The minimum atomic E-state index is -0.123. The van der Waals surface area contributed by atoms with Crippen molar-refractivity contribution in [3.05, 3.63) is 12.7 Å². The Kier molecular flexibility index (Phi) is 15.7. The monoisotopic (exact) mass is 173 g/mol. The van der Waals surface area contributed by atoms with Crippen LogP contribution in [-0.4, -0.2) is 24.8 Å². The highest BCUT2D eigenvalue weighted by molar-refractivity contribution is 4.51. The Bertz CT molecular complexity index is 81.9. The molecule has 0 rings (SSSR count). The standard InChI is InChI=1S/C7H17NO.C3H6/c1-7(9)5-3-4-6-8-2;1-3-2/h7-9H,3-6H2,1-2H3;3H,1H2,2H3/t7-;/m1./s1. The molecule has 0 bridgehead atoms. The van der Waals surface area contributed by atoms with Crippen molar-refractivity contribution < 1.29 is 5.11 Å². The summed E-state index contributed by atoms with van der Waals surface area (Å²) >= 11 is 0. The van der Waals surface area contributed by atoms with E-state index in [1.54, 1.807) is 6.08 Å². The number of rotatable bonds is 5. The first-order chi connectivity index (χ1) is 5.68. The van der Waals surface area contributed by atoms with E-state index in [1.807, 2.05) is 20.9 Å². The number of allylic oxidation sites excluding steroid dienone is 1. The predicted molar refractivity (Wildman–Crippen MR) is 55.3 cm³/mol. The lowest BCUT2D eigenvalue weighted by molar-refractivity contribution is 0.180. The second-order valence-corrected chi connectivity index (χ2v) is 2.86. The Balaban J connectivity index is 0. The zero-order valence-corrected chi connectivity index (χ0v) is 8.64. The summed E-state index contributed by atoms with van der Waals surface area (Å²) in [4.78, 5) is 0. The molecule has 0 saturated heterocycles. The fourth-order valence-corrected chi connectivity index (χ4v) is 0.742. The van der Waals surface area contributed by atoms with Crippen LogP contribution in [0.2, 0.25) is 0 Å². The Morgan fingerprint density at radius 2 is 2.00 bits per heavy atom. The minimum Gasteiger partial charge on any atom is -0.393 e. The average molecular weight is 173 g/mol. The molecule has 0 aliphatic heterocycles. The van der Waals surface area contributed by atoms with Crippen molar-refractivity contribution in [2.24, 2.45) is 0 Å². The van der Waals surface area contributed by atoms with Crippen molar-refractivity contribution in [2.75, 3.05) is 13.6 Å². The molecular formula is C10H23NO. The van der Waals surface area contributed by atoms with E-state index in [1.165, 1.54) is 6.42 Å². The molecule has 74 valence electrons. The van der Waals surface area contributed by atoms with Crippen molar-refractivity contribution in [3.63, 3.8) is 0 Å². The lowest BCUT2D eigenvalue weighted by Gasteiger charge is -2.01. The molecule has 2 nitrogen and oxygen atoms in total. The first-order valence-corrected chi connectivity index (χ1v) is 4.58. The summed E-state index contributed by atoms with van der Waals surface area (Å²) in [6.45, 7) is 8.14. The largest absolute Gasteiger partial charge is 0.393 e. The van der Waals surface area contributed by atoms with Crippen LogP contribution in [0.5, 0.6) is 0 Å². The van der Waals surface area contributed by atoms with E-state index in [9.17, 15) is 0 Å². The number of aliphatic hydroxyl groups is 1. The summed E-state index contributed by atoms with van der Waals surface area (Å²) in [6, 6.07) is 0. The molecule has 0 spiro atoms. The molecule has 0 amide bonds. The highest BCUT2D eigenvalue weighted by atomic mass is 16.3. The van der Waals surface area contributed by atoms with Crippen LogP contribution in [0.3, 0.4) is 0 Å². The molecule has 12 heavy (non-hydrogen) atoms. The normalized spacial score (nSPS) is 11.3. The van der Waals surface area contributed by atoms with Gasteiger partial charge in [-0.15, -0.1) is 6.58 Å². The van der Waals surface area contributed by atoms with E-state index >= 15 is 0 Å². The molecule has 0 saturated carbocycles. The van der Waals surface area contributed by atoms with E-state index in [-0.39, 0.29) is 6.10 Å². The maximum Gasteiger partial charge on any atom is 0.0512 e. The molecule has 0 radical (unpaired) electrons. The quantitative estimate of drug-likeness (QED) is 0.492. The Labute approximate surface area is 76.7 Å². The van der Waals surface area contributed by atoms with Crippen molar-refractivity contribution >= 4 is 0 Å². The third-order valence-corrected chi connectivity index (χ3v) is 1.30. The van der Waals surface area contributed by atoms with E-state index in [0.29, 0.717) is 0 Å². The van der Waals surface area contributed by atoms with E-state index in [4.69, 9.17) is 5.11 Å². The first kappa shape index (κ1) is 14.2. The van der Waals surface area contributed by atoms with Crippen LogP contribution in [0.1, 0.15) is 33.1 Å². The summed E-state index contributed by atoms with van der Waals surface area (Å²) < 4.78 is 0. The Morgan fingerprint density at radius 3 is 2.33 bits per heavy atom. The molecule has 2 heteroatoms. The topological polar surface area (TPSA) is 32.3 Å². The minimum absolute atomic E-state index is 0.123. The molecule has 0 aliphatic carbocycles. The first-order valence-electron chi connectivity index (χ1n) is 4.58. The van der Waals surface area contributed by atoms with Gasteiger partial charge in [0.15, 0.2) is 0 Å². The van der Waals surface area contributed by atoms with Gasteiger partial charge in [0.1, 0.15) is 0 Å². The average Bonchev–Trinajstić information content (AvgIpc) is 1.99. The van der Waals surface area contributed by atoms with Crippen LogP contribution in [0.25, 0.3) is 0 Å². The highest BCUT2D eigenvalue weighted by Gasteiger charge is 1.93. The summed E-state index contributed by atoms with van der Waals surface area (Å²) in [5.74, 6) is 0. The molecule has 2 N–H and O–H groups in total. The zero-order valence-electron chi connectivity index (χ0n) is 8.64. The van der Waals surface area contributed by atoms with Crippen molar-refractivity contribution in [2.45, 2.75) is 39.2 Å². The Morgan fingerprint density at radius 1 is 1.50 bits per heavy atom. The van der Waals surface area contributed by atoms with E-state index in [2.05, 4.69) is 11.9 Å². The lowest BCUT2D eigenvalue weighted by atomic mass is 10.2. The van der Waals surface area contributed by atoms with Gasteiger partial charge in [-0.1, -0.05) is 6.08 Å². The molecule has 0 aromatic heterocycles. The maximum atomic E-state index is 8.83. The summed E-state index contributed by atoms with van der Waals surface area (Å²) in [5, 5.41) is 11.9. The van der Waals surface area contributed by atoms with Crippen molar-refractivity contribution in [1.29, 1.82) is 0 Å². The summed E-state index contributed by atoms with van der Waals surface area (Å²) in [6.07, 6.45) is 4.85. The molecule has 0 aromatic carbocycles. The van der Waals surface area contributed by atoms with Gasteiger partial charge < -0.3 is 10.4 Å². The van der Waals surface area contributed by atoms with Gasteiger partial charge in [-0.25, -0.2) is 0 Å². The molecule has 0 fully saturated rings. The number of nitrogens with one attached hydrogen (secondary N) is 1. The van der Waals surface area contributed by atoms with E-state index < -0.39 is 0 Å². The number of aliphatic hydroxyl groups excluding tert-OH is 1. The zero-order chi connectivity index (χ0) is 9.82. The van der Waals surface area contributed by atoms with Crippen LogP contribution >= 0.6 is 0 Å². The van der Waals surface area contributed by atoms with Crippen LogP contribution in [0.15, 0.2) is 12.7 Å². The van der Waals surface area contributed by atoms with Crippen molar-refractivity contribution in [3.8, 4) is 0 Å². The van der Waals surface area contributed by atoms with Crippen LogP contribution in [-0.2, 0) is 0 Å². The highest BCUT2D eigenvalue weighted by Crippen LogP contribution is 1.97. The third kappa shape index (κ3) is 22.6. The maximum absolute atomic E-state index is 8.83. The number of hydrogen-bond donors (Lipinski definition) is 2. The molecule has 0 heterocycles. The smallest absolute Gasteiger partial charge is 0.0512 e.